The van der Waals surface area contributed by atoms with E-state index in [0.29, 0.717) is 17.7 Å². The van der Waals surface area contributed by atoms with Gasteiger partial charge in [-0.2, -0.15) is 0 Å². The van der Waals surface area contributed by atoms with Crippen LogP contribution in [0.1, 0.15) is 26.3 Å². The first-order valence-corrected chi connectivity index (χ1v) is 8.75. The van der Waals surface area contributed by atoms with Crippen molar-refractivity contribution in [1.82, 2.24) is 0 Å². The second-order valence-corrected chi connectivity index (χ2v) is 6.39. The highest BCUT2D eigenvalue weighted by Crippen LogP contribution is 2.27. The molecule has 0 radical (unpaired) electrons. The van der Waals surface area contributed by atoms with Gasteiger partial charge in [0.1, 0.15) is 11.5 Å². The first-order valence-electron chi connectivity index (χ1n) is 8.75. The van der Waals surface area contributed by atoms with Crippen molar-refractivity contribution in [2.24, 2.45) is 0 Å². The number of carbonyl (C=O) groups excluding carboxylic acids is 2. The van der Waals surface area contributed by atoms with Crippen LogP contribution >= 0.6 is 0 Å². The lowest BCUT2D eigenvalue weighted by molar-refractivity contribution is 0.0817. The molecule has 4 heteroatoms. The third-order valence-corrected chi connectivity index (χ3v) is 4.69. The van der Waals surface area contributed by atoms with E-state index in [1.54, 1.807) is 43.5 Å². The van der Waals surface area contributed by atoms with E-state index in [4.69, 9.17) is 9.47 Å². The zero-order valence-corrected chi connectivity index (χ0v) is 14.9. The Morgan fingerprint density at radius 2 is 1.56 bits per heavy atom. The number of ketones is 2. The standard InChI is InChI=1S/C23H18O4/c1-26-20-7-3-5-16(14-20)15-4-2-6-18(12-15)22(24)23(25)19-8-9-21-17(13-19)10-11-27-21/h2-9,12-14H,10-11H2,1H3. The van der Waals surface area contributed by atoms with Crippen molar-refractivity contribution in [2.75, 3.05) is 13.7 Å². The minimum atomic E-state index is -0.515. The van der Waals surface area contributed by atoms with Crippen LogP contribution in [0.4, 0.5) is 0 Å². The summed E-state index contributed by atoms with van der Waals surface area (Å²) in [6, 6.07) is 19.8. The lowest BCUT2D eigenvalue weighted by atomic mass is 9.96. The normalized spacial score (nSPS) is 12.2. The predicted molar refractivity (Wildman–Crippen MR) is 103 cm³/mol. The van der Waals surface area contributed by atoms with Crippen molar-refractivity contribution < 1.29 is 19.1 Å². The van der Waals surface area contributed by atoms with Gasteiger partial charge in [0, 0.05) is 17.5 Å². The van der Waals surface area contributed by atoms with Crippen LogP contribution in [0, 0.1) is 0 Å². The second kappa shape index (κ2) is 7.08. The largest absolute Gasteiger partial charge is 0.497 e. The van der Waals surface area contributed by atoms with Crippen LogP contribution in [0.15, 0.2) is 66.7 Å². The molecule has 0 amide bonds. The molecule has 0 N–H and O–H groups in total. The van der Waals surface area contributed by atoms with Crippen molar-refractivity contribution in [3.05, 3.63) is 83.4 Å². The molecule has 0 fully saturated rings. The molecule has 0 aliphatic carbocycles. The monoisotopic (exact) mass is 358 g/mol. The minimum Gasteiger partial charge on any atom is -0.497 e. The topological polar surface area (TPSA) is 52.6 Å². The Labute approximate surface area is 157 Å². The summed E-state index contributed by atoms with van der Waals surface area (Å²) in [5.41, 5.74) is 3.52. The minimum absolute atomic E-state index is 0.372. The Bertz CT molecular complexity index is 1040. The van der Waals surface area contributed by atoms with E-state index in [1.807, 2.05) is 30.3 Å². The van der Waals surface area contributed by atoms with Gasteiger partial charge in [-0.05, 0) is 53.1 Å². The van der Waals surface area contributed by atoms with E-state index in [0.717, 1.165) is 34.6 Å². The number of methoxy groups -OCH3 is 1. The number of rotatable bonds is 5. The van der Waals surface area contributed by atoms with E-state index < -0.39 is 11.6 Å². The number of Topliss-reactive ketones (excluding diaryl/α,β-unsaturated/α-hetero) is 2. The predicted octanol–water partition coefficient (Wildman–Crippen LogP) is 4.36. The van der Waals surface area contributed by atoms with Crippen LogP contribution < -0.4 is 9.47 Å². The Kier molecular flexibility index (Phi) is 4.47. The molecule has 134 valence electrons. The molecule has 0 atom stereocenters. The maximum absolute atomic E-state index is 12.7. The molecule has 0 unspecified atom stereocenters. The maximum Gasteiger partial charge on any atom is 0.233 e. The second-order valence-electron chi connectivity index (χ2n) is 6.39. The van der Waals surface area contributed by atoms with Crippen LogP contribution in [0.5, 0.6) is 11.5 Å². The zero-order valence-electron chi connectivity index (χ0n) is 14.9. The van der Waals surface area contributed by atoms with Crippen LogP contribution in [0.2, 0.25) is 0 Å². The first kappa shape index (κ1) is 17.0. The Morgan fingerprint density at radius 1 is 0.852 bits per heavy atom. The molecule has 0 saturated carbocycles. The van der Waals surface area contributed by atoms with Gasteiger partial charge in [-0.3, -0.25) is 9.59 Å². The van der Waals surface area contributed by atoms with Gasteiger partial charge in [0.25, 0.3) is 0 Å². The molecule has 3 aromatic carbocycles. The summed E-state index contributed by atoms with van der Waals surface area (Å²) in [6.45, 7) is 0.615. The fourth-order valence-electron chi connectivity index (χ4n) is 3.23. The fourth-order valence-corrected chi connectivity index (χ4v) is 3.23. The van der Waals surface area contributed by atoms with Gasteiger partial charge in [0.15, 0.2) is 0 Å². The molecule has 1 aliphatic heterocycles. The third-order valence-electron chi connectivity index (χ3n) is 4.69. The van der Waals surface area contributed by atoms with Crippen molar-refractivity contribution in [2.45, 2.75) is 6.42 Å². The number of benzene rings is 3. The Balaban J connectivity index is 1.63. The maximum atomic E-state index is 12.7. The van der Waals surface area contributed by atoms with E-state index in [1.165, 1.54) is 0 Å². The molecule has 0 saturated heterocycles. The van der Waals surface area contributed by atoms with Crippen molar-refractivity contribution in [3.63, 3.8) is 0 Å². The molecular weight excluding hydrogens is 340 g/mol. The van der Waals surface area contributed by atoms with Gasteiger partial charge >= 0.3 is 0 Å². The molecule has 0 bridgehead atoms. The molecule has 1 heterocycles. The Morgan fingerprint density at radius 3 is 2.33 bits per heavy atom. The van der Waals surface area contributed by atoms with E-state index >= 15 is 0 Å². The summed E-state index contributed by atoms with van der Waals surface area (Å²) < 4.78 is 10.7. The molecule has 27 heavy (non-hydrogen) atoms. The molecule has 4 nitrogen and oxygen atoms in total. The summed E-state index contributed by atoms with van der Waals surface area (Å²) in [6.07, 6.45) is 0.760. The molecular formula is C23H18O4. The van der Waals surface area contributed by atoms with Gasteiger partial charge in [-0.25, -0.2) is 0 Å². The third kappa shape index (κ3) is 3.34. The summed E-state index contributed by atoms with van der Waals surface area (Å²) in [5.74, 6) is 0.505. The van der Waals surface area contributed by atoms with Crippen molar-refractivity contribution in [3.8, 4) is 22.6 Å². The van der Waals surface area contributed by atoms with Crippen LogP contribution in [-0.2, 0) is 6.42 Å². The number of hydrogen-bond acceptors (Lipinski definition) is 4. The molecule has 0 aromatic heterocycles. The van der Waals surface area contributed by atoms with Gasteiger partial charge in [0.05, 0.1) is 13.7 Å². The van der Waals surface area contributed by atoms with E-state index in [9.17, 15) is 9.59 Å². The van der Waals surface area contributed by atoms with Gasteiger partial charge in [-0.1, -0.05) is 30.3 Å². The molecule has 1 aliphatic rings. The molecule has 0 spiro atoms. The lowest BCUT2D eigenvalue weighted by Crippen LogP contribution is -2.14. The smallest absolute Gasteiger partial charge is 0.233 e. The number of fused-ring (bicyclic) bond motifs is 1. The number of ether oxygens (including phenoxy) is 2. The average Bonchev–Trinajstić information content (AvgIpc) is 3.20. The fraction of sp³-hybridized carbons (Fsp3) is 0.130. The zero-order chi connectivity index (χ0) is 18.8. The lowest BCUT2D eigenvalue weighted by Gasteiger charge is -2.07. The number of hydrogen-bond donors (Lipinski definition) is 0. The molecule has 3 aromatic rings. The highest BCUT2D eigenvalue weighted by Gasteiger charge is 2.21. The van der Waals surface area contributed by atoms with Crippen LogP contribution in [0.25, 0.3) is 11.1 Å². The van der Waals surface area contributed by atoms with Gasteiger partial charge in [-0.15, -0.1) is 0 Å². The quantitative estimate of drug-likeness (QED) is 0.502. The Hall–Kier alpha value is -3.40. The van der Waals surface area contributed by atoms with Crippen LogP contribution in [-0.4, -0.2) is 25.3 Å². The highest BCUT2D eigenvalue weighted by atomic mass is 16.5. The summed E-state index contributed by atoms with van der Waals surface area (Å²) in [4.78, 5) is 25.4. The van der Waals surface area contributed by atoms with Crippen LogP contribution in [0.3, 0.4) is 0 Å². The highest BCUT2D eigenvalue weighted by molar-refractivity contribution is 6.49. The summed E-state index contributed by atoms with van der Waals surface area (Å²) >= 11 is 0. The SMILES string of the molecule is COc1cccc(-c2cccc(C(=O)C(=O)c3ccc4c(c3)CCO4)c2)c1. The van der Waals surface area contributed by atoms with Gasteiger partial charge < -0.3 is 9.47 Å². The molecule has 4 rings (SSSR count). The van der Waals surface area contributed by atoms with Gasteiger partial charge in [0.2, 0.25) is 11.6 Å². The average molecular weight is 358 g/mol. The number of carbonyl (C=O) groups is 2. The van der Waals surface area contributed by atoms with E-state index in [2.05, 4.69) is 0 Å². The first-order chi connectivity index (χ1) is 13.2. The summed E-state index contributed by atoms with van der Waals surface area (Å²) in [5, 5.41) is 0. The van der Waals surface area contributed by atoms with Crippen molar-refractivity contribution >= 4 is 11.6 Å². The van der Waals surface area contributed by atoms with E-state index in [-0.39, 0.29) is 0 Å². The van der Waals surface area contributed by atoms with Crippen molar-refractivity contribution in [1.29, 1.82) is 0 Å². The summed E-state index contributed by atoms with van der Waals surface area (Å²) in [7, 11) is 1.61.